The van der Waals surface area contributed by atoms with Gasteiger partial charge in [-0.3, -0.25) is 9.88 Å². The monoisotopic (exact) mass is 248 g/mol. The van der Waals surface area contributed by atoms with E-state index in [1.807, 2.05) is 13.0 Å². The van der Waals surface area contributed by atoms with E-state index in [-0.39, 0.29) is 12.4 Å². The molecule has 4 heteroatoms. The highest BCUT2D eigenvalue weighted by atomic mass is 19.1. The highest BCUT2D eigenvalue weighted by Gasteiger charge is 2.09. The maximum absolute atomic E-state index is 13.5. The van der Waals surface area contributed by atoms with Crippen LogP contribution < -0.4 is 0 Å². The summed E-state index contributed by atoms with van der Waals surface area (Å²) in [6.45, 7) is 4.12. The van der Waals surface area contributed by atoms with E-state index >= 15 is 0 Å². The highest BCUT2D eigenvalue weighted by Crippen LogP contribution is 2.19. The molecule has 0 atom stereocenters. The zero-order valence-electron chi connectivity index (χ0n) is 10.4. The maximum Gasteiger partial charge on any atom is 0.124 e. The highest BCUT2D eigenvalue weighted by molar-refractivity contribution is 5.81. The van der Waals surface area contributed by atoms with Crippen LogP contribution in [0.3, 0.4) is 0 Å². The van der Waals surface area contributed by atoms with Gasteiger partial charge in [0.05, 0.1) is 12.1 Å². The normalized spacial score (nSPS) is 11.3. The van der Waals surface area contributed by atoms with Gasteiger partial charge in [0.2, 0.25) is 0 Å². The van der Waals surface area contributed by atoms with Gasteiger partial charge in [-0.1, -0.05) is 13.0 Å². The van der Waals surface area contributed by atoms with E-state index in [0.717, 1.165) is 23.0 Å². The third kappa shape index (κ3) is 2.83. The number of hydrogen-bond acceptors (Lipinski definition) is 3. The fraction of sp³-hybridized carbons (Fsp3) is 0.357. The number of pyridine rings is 1. The second kappa shape index (κ2) is 5.89. The van der Waals surface area contributed by atoms with Gasteiger partial charge >= 0.3 is 0 Å². The average molecular weight is 248 g/mol. The fourth-order valence-electron chi connectivity index (χ4n) is 2.08. The van der Waals surface area contributed by atoms with Crippen molar-refractivity contribution in [1.82, 2.24) is 9.88 Å². The summed E-state index contributed by atoms with van der Waals surface area (Å²) in [5.41, 5.74) is 1.69. The Morgan fingerprint density at radius 3 is 2.94 bits per heavy atom. The minimum Gasteiger partial charge on any atom is -0.395 e. The lowest BCUT2D eigenvalue weighted by Gasteiger charge is -2.19. The Morgan fingerprint density at radius 1 is 1.39 bits per heavy atom. The number of likely N-dealkylation sites (N-methyl/N-ethyl adjacent to an activating group) is 1. The smallest absolute Gasteiger partial charge is 0.124 e. The molecular weight excluding hydrogens is 231 g/mol. The summed E-state index contributed by atoms with van der Waals surface area (Å²) in [4.78, 5) is 6.37. The van der Waals surface area contributed by atoms with Gasteiger partial charge < -0.3 is 5.11 Å². The molecule has 0 saturated carbocycles. The molecule has 0 unspecified atom stereocenters. The number of hydrogen-bond donors (Lipinski definition) is 1. The van der Waals surface area contributed by atoms with E-state index in [4.69, 9.17) is 5.11 Å². The first-order valence-corrected chi connectivity index (χ1v) is 6.11. The first-order chi connectivity index (χ1) is 8.74. The third-order valence-corrected chi connectivity index (χ3v) is 3.01. The van der Waals surface area contributed by atoms with E-state index in [2.05, 4.69) is 9.88 Å². The molecule has 0 aliphatic carbocycles. The Labute approximate surface area is 106 Å². The molecule has 1 aromatic heterocycles. The number of nitrogens with zero attached hydrogens (tertiary/aromatic N) is 2. The molecule has 0 aliphatic rings. The lowest BCUT2D eigenvalue weighted by molar-refractivity contribution is 0.197. The lowest BCUT2D eigenvalue weighted by Crippen LogP contribution is -2.26. The molecule has 0 amide bonds. The van der Waals surface area contributed by atoms with Gasteiger partial charge in [-0.15, -0.1) is 0 Å². The first-order valence-electron chi connectivity index (χ1n) is 6.11. The van der Waals surface area contributed by atoms with Crippen molar-refractivity contribution in [2.24, 2.45) is 0 Å². The number of aliphatic hydroxyl groups is 1. The summed E-state index contributed by atoms with van der Waals surface area (Å²) in [5, 5.41) is 9.79. The van der Waals surface area contributed by atoms with Crippen LogP contribution in [0.2, 0.25) is 0 Å². The van der Waals surface area contributed by atoms with Crippen LogP contribution in [0.1, 0.15) is 12.5 Å². The Balaban J connectivity index is 2.37. The molecule has 3 nitrogen and oxygen atoms in total. The molecule has 96 valence electrons. The summed E-state index contributed by atoms with van der Waals surface area (Å²) in [7, 11) is 0. The standard InChI is InChI=1S/C14H17FN2O/c1-2-17(6-7-18)10-12-9-13(15)8-11-4-3-5-16-14(11)12/h3-5,8-9,18H,2,6-7,10H2,1H3. The SMILES string of the molecule is CCN(CCO)Cc1cc(F)cc2cccnc12. The summed E-state index contributed by atoms with van der Waals surface area (Å²) in [6.07, 6.45) is 1.71. The summed E-state index contributed by atoms with van der Waals surface area (Å²) >= 11 is 0. The van der Waals surface area contributed by atoms with Crippen molar-refractivity contribution in [2.45, 2.75) is 13.5 Å². The lowest BCUT2D eigenvalue weighted by atomic mass is 10.1. The zero-order valence-corrected chi connectivity index (χ0v) is 10.4. The molecule has 1 N–H and O–H groups in total. The topological polar surface area (TPSA) is 36.4 Å². The predicted molar refractivity (Wildman–Crippen MR) is 69.7 cm³/mol. The van der Waals surface area contributed by atoms with Crippen molar-refractivity contribution < 1.29 is 9.50 Å². The fourth-order valence-corrected chi connectivity index (χ4v) is 2.08. The zero-order chi connectivity index (χ0) is 13.0. The van der Waals surface area contributed by atoms with E-state index in [1.54, 1.807) is 12.3 Å². The van der Waals surface area contributed by atoms with Gasteiger partial charge in [0.25, 0.3) is 0 Å². The summed E-state index contributed by atoms with van der Waals surface area (Å²) in [6, 6.07) is 6.68. The predicted octanol–water partition coefficient (Wildman–Crippen LogP) is 2.19. The van der Waals surface area contributed by atoms with Gasteiger partial charge in [-0.2, -0.15) is 0 Å². The molecule has 0 fully saturated rings. The van der Waals surface area contributed by atoms with E-state index in [1.165, 1.54) is 12.1 Å². The van der Waals surface area contributed by atoms with Gasteiger partial charge in [-0.25, -0.2) is 4.39 Å². The van der Waals surface area contributed by atoms with Crippen molar-refractivity contribution in [3.05, 3.63) is 41.8 Å². The molecule has 0 aliphatic heterocycles. The van der Waals surface area contributed by atoms with E-state index in [9.17, 15) is 4.39 Å². The molecule has 1 heterocycles. The van der Waals surface area contributed by atoms with Crippen molar-refractivity contribution in [1.29, 1.82) is 0 Å². The maximum atomic E-state index is 13.5. The Hall–Kier alpha value is -1.52. The Bertz CT molecular complexity index is 530. The molecule has 0 bridgehead atoms. The number of fused-ring (bicyclic) bond motifs is 1. The van der Waals surface area contributed by atoms with Crippen LogP contribution in [0.15, 0.2) is 30.5 Å². The number of aliphatic hydroxyl groups excluding tert-OH is 1. The quantitative estimate of drug-likeness (QED) is 0.881. The number of rotatable bonds is 5. The largest absolute Gasteiger partial charge is 0.395 e. The van der Waals surface area contributed by atoms with Crippen molar-refractivity contribution in [3.63, 3.8) is 0 Å². The molecule has 0 saturated heterocycles. The van der Waals surface area contributed by atoms with Gasteiger partial charge in [0.1, 0.15) is 5.82 Å². The Morgan fingerprint density at radius 2 is 2.22 bits per heavy atom. The second-order valence-electron chi connectivity index (χ2n) is 4.23. The van der Waals surface area contributed by atoms with Gasteiger partial charge in [0.15, 0.2) is 0 Å². The van der Waals surface area contributed by atoms with Crippen LogP contribution in [-0.4, -0.2) is 34.7 Å². The van der Waals surface area contributed by atoms with Crippen LogP contribution in [0.25, 0.3) is 10.9 Å². The van der Waals surface area contributed by atoms with Crippen LogP contribution in [0, 0.1) is 5.82 Å². The molecule has 2 aromatic rings. The van der Waals surface area contributed by atoms with Crippen LogP contribution >= 0.6 is 0 Å². The second-order valence-corrected chi connectivity index (χ2v) is 4.23. The molecule has 18 heavy (non-hydrogen) atoms. The first kappa shape index (κ1) is 12.9. The summed E-state index contributed by atoms with van der Waals surface area (Å²) in [5.74, 6) is -0.245. The molecule has 1 aromatic carbocycles. The minimum atomic E-state index is -0.245. The van der Waals surface area contributed by atoms with Crippen molar-refractivity contribution in [3.8, 4) is 0 Å². The van der Waals surface area contributed by atoms with Gasteiger partial charge in [-0.05, 0) is 30.3 Å². The average Bonchev–Trinajstić information content (AvgIpc) is 2.38. The van der Waals surface area contributed by atoms with Crippen LogP contribution in [-0.2, 0) is 6.54 Å². The molecule has 0 spiro atoms. The summed E-state index contributed by atoms with van der Waals surface area (Å²) < 4.78 is 13.5. The van der Waals surface area contributed by atoms with Crippen LogP contribution in [0.5, 0.6) is 0 Å². The number of aromatic nitrogens is 1. The third-order valence-electron chi connectivity index (χ3n) is 3.01. The number of halogens is 1. The van der Waals surface area contributed by atoms with Crippen molar-refractivity contribution >= 4 is 10.9 Å². The minimum absolute atomic E-state index is 0.106. The van der Waals surface area contributed by atoms with Crippen LogP contribution in [0.4, 0.5) is 4.39 Å². The molecule has 2 rings (SSSR count). The van der Waals surface area contributed by atoms with E-state index < -0.39 is 0 Å². The number of benzene rings is 1. The van der Waals surface area contributed by atoms with Gasteiger partial charge in [0, 0.05) is 24.7 Å². The van der Waals surface area contributed by atoms with E-state index in [0.29, 0.717) is 13.1 Å². The van der Waals surface area contributed by atoms with Crippen molar-refractivity contribution in [2.75, 3.05) is 19.7 Å². The molecule has 0 radical (unpaired) electrons. The molecular formula is C14H17FN2O. The Kier molecular flexibility index (Phi) is 4.23.